The third-order valence-corrected chi connectivity index (χ3v) is 4.46. The van der Waals surface area contributed by atoms with E-state index in [9.17, 15) is 4.79 Å². The van der Waals surface area contributed by atoms with Crippen molar-refractivity contribution in [2.24, 2.45) is 11.8 Å². The van der Waals surface area contributed by atoms with Gasteiger partial charge in [-0.15, -0.1) is 0 Å². The van der Waals surface area contributed by atoms with Gasteiger partial charge in [0.15, 0.2) is 0 Å². The standard InChI is InChI=1S/C14H27N3O/c1-15-14(18)13-5-9-17(10-6-13)8-4-12-3-2-7-16-11-12/h12-13,16H,2-11H2,1H3,(H,15,18). The molecular formula is C14H27N3O. The van der Waals surface area contributed by atoms with E-state index in [1.54, 1.807) is 7.05 Å². The van der Waals surface area contributed by atoms with Gasteiger partial charge in [-0.2, -0.15) is 0 Å². The zero-order chi connectivity index (χ0) is 12.8. The fraction of sp³-hybridized carbons (Fsp3) is 0.929. The number of hydrogen-bond acceptors (Lipinski definition) is 3. The first-order valence-electron chi connectivity index (χ1n) is 7.44. The minimum atomic E-state index is 0.228. The zero-order valence-electron chi connectivity index (χ0n) is 11.6. The molecule has 2 fully saturated rings. The second-order valence-electron chi connectivity index (χ2n) is 5.73. The van der Waals surface area contributed by atoms with Crippen molar-refractivity contribution in [2.45, 2.75) is 32.1 Å². The number of amides is 1. The lowest BCUT2D eigenvalue weighted by Crippen LogP contribution is -2.41. The van der Waals surface area contributed by atoms with E-state index >= 15 is 0 Å². The highest BCUT2D eigenvalue weighted by molar-refractivity contribution is 5.78. The molecule has 2 aliphatic heterocycles. The van der Waals surface area contributed by atoms with Crippen molar-refractivity contribution in [3.63, 3.8) is 0 Å². The molecule has 4 nitrogen and oxygen atoms in total. The van der Waals surface area contributed by atoms with Gasteiger partial charge < -0.3 is 15.5 Å². The molecule has 0 bridgehead atoms. The molecule has 2 rings (SSSR count). The Kier molecular flexibility index (Phi) is 5.45. The summed E-state index contributed by atoms with van der Waals surface area (Å²) in [7, 11) is 1.74. The summed E-state index contributed by atoms with van der Waals surface area (Å²) in [5.74, 6) is 1.35. The molecule has 2 aliphatic rings. The summed E-state index contributed by atoms with van der Waals surface area (Å²) in [6.45, 7) is 5.81. The highest BCUT2D eigenvalue weighted by Gasteiger charge is 2.24. The Labute approximate surface area is 110 Å². The molecule has 2 saturated heterocycles. The largest absolute Gasteiger partial charge is 0.359 e. The van der Waals surface area contributed by atoms with Gasteiger partial charge in [0.05, 0.1) is 0 Å². The third kappa shape index (κ3) is 3.95. The van der Waals surface area contributed by atoms with Crippen LogP contribution in [0.1, 0.15) is 32.1 Å². The molecule has 2 heterocycles. The Balaban J connectivity index is 1.62. The second kappa shape index (κ2) is 7.10. The van der Waals surface area contributed by atoms with Crippen molar-refractivity contribution in [1.29, 1.82) is 0 Å². The number of piperidine rings is 2. The molecule has 0 spiro atoms. The number of likely N-dealkylation sites (tertiary alicyclic amines) is 1. The van der Waals surface area contributed by atoms with Crippen molar-refractivity contribution in [2.75, 3.05) is 39.8 Å². The predicted molar refractivity (Wildman–Crippen MR) is 73.4 cm³/mol. The Morgan fingerprint density at radius 3 is 2.72 bits per heavy atom. The molecule has 104 valence electrons. The van der Waals surface area contributed by atoms with E-state index in [0.29, 0.717) is 0 Å². The van der Waals surface area contributed by atoms with Gasteiger partial charge >= 0.3 is 0 Å². The first-order valence-corrected chi connectivity index (χ1v) is 7.44. The topological polar surface area (TPSA) is 44.4 Å². The fourth-order valence-electron chi connectivity index (χ4n) is 3.16. The molecule has 0 aromatic carbocycles. The van der Waals surface area contributed by atoms with Crippen LogP contribution in [-0.4, -0.2) is 50.6 Å². The van der Waals surface area contributed by atoms with Crippen LogP contribution >= 0.6 is 0 Å². The molecule has 1 atom stereocenters. The van der Waals surface area contributed by atoms with E-state index in [0.717, 1.165) is 31.8 Å². The summed E-state index contributed by atoms with van der Waals surface area (Å²) >= 11 is 0. The summed E-state index contributed by atoms with van der Waals surface area (Å²) in [5.41, 5.74) is 0. The van der Waals surface area contributed by atoms with Gasteiger partial charge in [-0.05, 0) is 70.7 Å². The molecule has 18 heavy (non-hydrogen) atoms. The van der Waals surface area contributed by atoms with Crippen LogP contribution in [0.15, 0.2) is 0 Å². The van der Waals surface area contributed by atoms with Crippen molar-refractivity contribution in [3.8, 4) is 0 Å². The summed E-state index contributed by atoms with van der Waals surface area (Å²) < 4.78 is 0. The maximum atomic E-state index is 11.5. The summed E-state index contributed by atoms with van der Waals surface area (Å²) in [6, 6.07) is 0. The van der Waals surface area contributed by atoms with Crippen LogP contribution in [0.4, 0.5) is 0 Å². The van der Waals surface area contributed by atoms with E-state index in [1.807, 2.05) is 0 Å². The Morgan fingerprint density at radius 2 is 2.11 bits per heavy atom. The maximum Gasteiger partial charge on any atom is 0.222 e. The highest BCUT2D eigenvalue weighted by atomic mass is 16.1. The highest BCUT2D eigenvalue weighted by Crippen LogP contribution is 2.20. The molecule has 1 unspecified atom stereocenters. The van der Waals surface area contributed by atoms with Crippen molar-refractivity contribution < 1.29 is 4.79 Å². The van der Waals surface area contributed by atoms with E-state index in [-0.39, 0.29) is 11.8 Å². The SMILES string of the molecule is CNC(=O)C1CCN(CCC2CCCNC2)CC1. The number of nitrogens with zero attached hydrogens (tertiary/aromatic N) is 1. The van der Waals surface area contributed by atoms with Crippen LogP contribution in [0.3, 0.4) is 0 Å². The average Bonchev–Trinajstić information content (AvgIpc) is 2.46. The first-order chi connectivity index (χ1) is 8.79. The van der Waals surface area contributed by atoms with Gasteiger partial charge in [-0.25, -0.2) is 0 Å². The quantitative estimate of drug-likeness (QED) is 0.780. The molecular weight excluding hydrogens is 226 g/mol. The Hall–Kier alpha value is -0.610. The van der Waals surface area contributed by atoms with Crippen molar-refractivity contribution in [1.82, 2.24) is 15.5 Å². The molecule has 0 radical (unpaired) electrons. The molecule has 2 N–H and O–H groups in total. The number of rotatable bonds is 4. The number of nitrogens with one attached hydrogen (secondary N) is 2. The van der Waals surface area contributed by atoms with Gasteiger partial charge in [0.2, 0.25) is 5.91 Å². The van der Waals surface area contributed by atoms with E-state index in [2.05, 4.69) is 15.5 Å². The summed E-state index contributed by atoms with van der Waals surface area (Å²) in [4.78, 5) is 14.1. The predicted octanol–water partition coefficient (Wildman–Crippen LogP) is 0.834. The Bertz CT molecular complexity index is 256. The van der Waals surface area contributed by atoms with Gasteiger partial charge in [0.25, 0.3) is 0 Å². The van der Waals surface area contributed by atoms with Crippen LogP contribution < -0.4 is 10.6 Å². The number of carbonyl (C=O) groups excluding carboxylic acids is 1. The van der Waals surface area contributed by atoms with Gasteiger partial charge in [0.1, 0.15) is 0 Å². The smallest absolute Gasteiger partial charge is 0.222 e. The summed E-state index contributed by atoms with van der Waals surface area (Å²) in [6.07, 6.45) is 6.11. The van der Waals surface area contributed by atoms with Gasteiger partial charge in [-0.3, -0.25) is 4.79 Å². The van der Waals surface area contributed by atoms with Crippen LogP contribution in [0, 0.1) is 11.8 Å². The minimum absolute atomic E-state index is 0.228. The average molecular weight is 253 g/mol. The number of carbonyl (C=O) groups is 1. The lowest BCUT2D eigenvalue weighted by molar-refractivity contribution is -0.125. The number of hydrogen-bond donors (Lipinski definition) is 2. The van der Waals surface area contributed by atoms with Gasteiger partial charge in [-0.1, -0.05) is 0 Å². The molecule has 0 aromatic heterocycles. The lowest BCUT2D eigenvalue weighted by atomic mass is 9.93. The minimum Gasteiger partial charge on any atom is -0.359 e. The third-order valence-electron chi connectivity index (χ3n) is 4.46. The molecule has 0 aromatic rings. The monoisotopic (exact) mass is 253 g/mol. The van der Waals surface area contributed by atoms with Crippen LogP contribution in [0.25, 0.3) is 0 Å². The molecule has 0 saturated carbocycles. The second-order valence-corrected chi connectivity index (χ2v) is 5.73. The normalized spacial score (nSPS) is 27.1. The Morgan fingerprint density at radius 1 is 1.33 bits per heavy atom. The summed E-state index contributed by atoms with van der Waals surface area (Å²) in [5, 5.41) is 6.25. The van der Waals surface area contributed by atoms with Gasteiger partial charge in [0, 0.05) is 13.0 Å². The maximum absolute atomic E-state index is 11.5. The zero-order valence-corrected chi connectivity index (χ0v) is 11.6. The van der Waals surface area contributed by atoms with E-state index in [1.165, 1.54) is 38.9 Å². The van der Waals surface area contributed by atoms with Crippen LogP contribution in [0.5, 0.6) is 0 Å². The van der Waals surface area contributed by atoms with Crippen molar-refractivity contribution >= 4 is 5.91 Å². The van der Waals surface area contributed by atoms with E-state index in [4.69, 9.17) is 0 Å². The molecule has 4 heteroatoms. The molecule has 1 amide bonds. The van der Waals surface area contributed by atoms with Crippen LogP contribution in [0.2, 0.25) is 0 Å². The molecule has 0 aliphatic carbocycles. The van der Waals surface area contributed by atoms with E-state index < -0.39 is 0 Å². The van der Waals surface area contributed by atoms with Crippen molar-refractivity contribution in [3.05, 3.63) is 0 Å². The lowest BCUT2D eigenvalue weighted by Gasteiger charge is -2.32. The van der Waals surface area contributed by atoms with Crippen LogP contribution in [-0.2, 0) is 4.79 Å². The first kappa shape index (κ1) is 13.8. The fourth-order valence-corrected chi connectivity index (χ4v) is 3.16.